The number of anilines is 1. The van der Waals surface area contributed by atoms with E-state index in [0.29, 0.717) is 23.1 Å². The number of hydrogen-bond donors (Lipinski definition) is 0. The van der Waals surface area contributed by atoms with Gasteiger partial charge in [0.15, 0.2) is 5.88 Å². The quantitative estimate of drug-likeness (QED) is 0.657. The standard InChI is InChI=1S/C21H28N2O3S/c24-20-18(27-21(25)23(20)15-16-8-4-3-5-9-16)14-17-10-11-19(26-17)22-12-6-1-2-7-13-22/h10-11,14,16H,1-9,12-13,15H2/b18-14+. The minimum absolute atomic E-state index is 0.142. The highest BCUT2D eigenvalue weighted by Crippen LogP contribution is 2.35. The number of carbonyl (C=O) groups is 2. The predicted molar refractivity (Wildman–Crippen MR) is 109 cm³/mol. The summed E-state index contributed by atoms with van der Waals surface area (Å²) in [6.07, 6.45) is 12.6. The predicted octanol–water partition coefficient (Wildman–Crippen LogP) is 5.28. The number of imide groups is 1. The molecule has 3 fully saturated rings. The molecule has 2 amide bonds. The van der Waals surface area contributed by atoms with Crippen LogP contribution in [-0.2, 0) is 4.79 Å². The summed E-state index contributed by atoms with van der Waals surface area (Å²) in [5.41, 5.74) is 0. The molecule has 1 saturated carbocycles. The normalized spacial score (nSPS) is 24.1. The molecule has 146 valence electrons. The number of thioether (sulfide) groups is 1. The molecule has 0 bridgehead atoms. The highest BCUT2D eigenvalue weighted by Gasteiger charge is 2.36. The summed E-state index contributed by atoms with van der Waals surface area (Å²) in [7, 11) is 0. The van der Waals surface area contributed by atoms with Crippen molar-refractivity contribution in [3.63, 3.8) is 0 Å². The van der Waals surface area contributed by atoms with E-state index >= 15 is 0 Å². The molecule has 2 saturated heterocycles. The van der Waals surface area contributed by atoms with Gasteiger partial charge in [0.05, 0.1) is 4.91 Å². The zero-order valence-electron chi connectivity index (χ0n) is 15.8. The van der Waals surface area contributed by atoms with Gasteiger partial charge in [-0.1, -0.05) is 32.1 Å². The number of hydrogen-bond acceptors (Lipinski definition) is 5. The Kier molecular flexibility index (Phi) is 5.91. The van der Waals surface area contributed by atoms with Crippen LogP contribution in [0.2, 0.25) is 0 Å². The van der Waals surface area contributed by atoms with E-state index in [1.54, 1.807) is 6.08 Å². The van der Waals surface area contributed by atoms with Crippen LogP contribution in [0.5, 0.6) is 0 Å². The van der Waals surface area contributed by atoms with Gasteiger partial charge in [-0.2, -0.15) is 0 Å². The lowest BCUT2D eigenvalue weighted by Gasteiger charge is -2.25. The van der Waals surface area contributed by atoms with Crippen LogP contribution in [-0.4, -0.2) is 35.7 Å². The summed E-state index contributed by atoms with van der Waals surface area (Å²) in [5, 5.41) is -0.142. The fourth-order valence-corrected chi connectivity index (χ4v) is 5.12. The fourth-order valence-electron chi connectivity index (χ4n) is 4.30. The van der Waals surface area contributed by atoms with E-state index in [1.165, 1.54) is 49.8 Å². The summed E-state index contributed by atoms with van der Waals surface area (Å²) in [5.74, 6) is 1.81. The molecule has 3 aliphatic rings. The molecule has 0 radical (unpaired) electrons. The van der Waals surface area contributed by atoms with Crippen LogP contribution >= 0.6 is 11.8 Å². The van der Waals surface area contributed by atoms with E-state index in [-0.39, 0.29) is 11.1 Å². The van der Waals surface area contributed by atoms with Crippen LogP contribution in [0.25, 0.3) is 6.08 Å². The van der Waals surface area contributed by atoms with Crippen molar-refractivity contribution in [3.8, 4) is 0 Å². The SMILES string of the molecule is O=C1S/C(=C/c2ccc(N3CCCCCC3)o2)C(=O)N1CC1CCCCC1. The monoisotopic (exact) mass is 388 g/mol. The smallest absolute Gasteiger partial charge is 0.293 e. The first-order chi connectivity index (χ1) is 13.2. The largest absolute Gasteiger partial charge is 0.441 e. The third-order valence-corrected chi connectivity index (χ3v) is 6.75. The molecule has 27 heavy (non-hydrogen) atoms. The second-order valence-corrected chi connectivity index (χ2v) is 8.87. The first-order valence-corrected chi connectivity index (χ1v) is 11.1. The van der Waals surface area contributed by atoms with Crippen LogP contribution in [0.3, 0.4) is 0 Å². The van der Waals surface area contributed by atoms with Crippen LogP contribution in [0.4, 0.5) is 10.7 Å². The second-order valence-electron chi connectivity index (χ2n) is 7.87. The molecule has 0 atom stereocenters. The van der Waals surface area contributed by atoms with Gasteiger partial charge in [0, 0.05) is 31.8 Å². The van der Waals surface area contributed by atoms with Crippen molar-refractivity contribution in [3.05, 3.63) is 22.8 Å². The van der Waals surface area contributed by atoms with E-state index in [2.05, 4.69) is 4.90 Å². The summed E-state index contributed by atoms with van der Waals surface area (Å²) in [6.45, 7) is 2.61. The van der Waals surface area contributed by atoms with Gasteiger partial charge in [-0.05, 0) is 49.4 Å². The molecule has 5 nitrogen and oxygen atoms in total. The lowest BCUT2D eigenvalue weighted by Crippen LogP contribution is -2.34. The van der Waals surface area contributed by atoms with E-state index in [0.717, 1.165) is 43.6 Å². The fraction of sp³-hybridized carbons (Fsp3) is 0.619. The van der Waals surface area contributed by atoms with Crippen LogP contribution in [0.15, 0.2) is 21.5 Å². The third-order valence-electron chi connectivity index (χ3n) is 5.84. The maximum atomic E-state index is 12.7. The first-order valence-electron chi connectivity index (χ1n) is 10.3. The summed E-state index contributed by atoms with van der Waals surface area (Å²) >= 11 is 1.04. The number of furan rings is 1. The molecule has 0 spiro atoms. The van der Waals surface area contributed by atoms with Gasteiger partial charge in [-0.15, -0.1) is 0 Å². The van der Waals surface area contributed by atoms with Crippen molar-refractivity contribution >= 4 is 34.9 Å². The van der Waals surface area contributed by atoms with Gasteiger partial charge < -0.3 is 9.32 Å². The Labute approximate surface area is 165 Å². The molecule has 2 aliphatic heterocycles. The van der Waals surface area contributed by atoms with Gasteiger partial charge in [-0.25, -0.2) is 0 Å². The number of nitrogens with zero attached hydrogens (tertiary/aromatic N) is 2. The summed E-state index contributed by atoms with van der Waals surface area (Å²) < 4.78 is 5.96. The molecule has 0 N–H and O–H groups in total. The zero-order valence-corrected chi connectivity index (χ0v) is 16.6. The van der Waals surface area contributed by atoms with E-state index in [9.17, 15) is 9.59 Å². The van der Waals surface area contributed by atoms with Crippen LogP contribution in [0, 0.1) is 5.92 Å². The lowest BCUT2D eigenvalue weighted by molar-refractivity contribution is -0.123. The van der Waals surface area contributed by atoms with Gasteiger partial charge in [0.1, 0.15) is 5.76 Å². The number of amides is 2. The Morgan fingerprint density at radius 2 is 1.70 bits per heavy atom. The Balaban J connectivity index is 1.43. The lowest BCUT2D eigenvalue weighted by atomic mass is 9.89. The molecule has 1 aromatic heterocycles. The van der Waals surface area contributed by atoms with Gasteiger partial charge in [-0.3, -0.25) is 14.5 Å². The molecular formula is C21H28N2O3S. The van der Waals surface area contributed by atoms with E-state index in [1.807, 2.05) is 12.1 Å². The maximum absolute atomic E-state index is 12.7. The topological polar surface area (TPSA) is 53.8 Å². The van der Waals surface area contributed by atoms with Gasteiger partial charge >= 0.3 is 0 Å². The summed E-state index contributed by atoms with van der Waals surface area (Å²) in [6, 6.07) is 3.87. The van der Waals surface area contributed by atoms with Crippen molar-refractivity contribution < 1.29 is 14.0 Å². The molecule has 0 aromatic carbocycles. The Morgan fingerprint density at radius 1 is 1.00 bits per heavy atom. The van der Waals surface area contributed by atoms with E-state index < -0.39 is 0 Å². The molecular weight excluding hydrogens is 360 g/mol. The third kappa shape index (κ3) is 4.42. The molecule has 6 heteroatoms. The van der Waals surface area contributed by atoms with Crippen molar-refractivity contribution in [2.24, 2.45) is 5.92 Å². The molecule has 4 rings (SSSR count). The number of carbonyl (C=O) groups excluding carboxylic acids is 2. The highest BCUT2D eigenvalue weighted by molar-refractivity contribution is 8.18. The zero-order chi connectivity index (χ0) is 18.6. The van der Waals surface area contributed by atoms with Crippen molar-refractivity contribution in [2.45, 2.75) is 57.8 Å². The molecule has 3 heterocycles. The van der Waals surface area contributed by atoms with Crippen molar-refractivity contribution in [2.75, 3.05) is 24.5 Å². The van der Waals surface area contributed by atoms with Crippen molar-refractivity contribution in [1.29, 1.82) is 0 Å². The van der Waals surface area contributed by atoms with Crippen LogP contribution < -0.4 is 4.90 Å². The Bertz CT molecular complexity index is 713. The van der Waals surface area contributed by atoms with Crippen molar-refractivity contribution in [1.82, 2.24) is 4.90 Å². The van der Waals surface area contributed by atoms with Crippen LogP contribution in [0.1, 0.15) is 63.5 Å². The van der Waals surface area contributed by atoms with E-state index in [4.69, 9.17) is 4.42 Å². The van der Waals surface area contributed by atoms with Gasteiger partial charge in [0.2, 0.25) is 0 Å². The second kappa shape index (κ2) is 8.55. The minimum Gasteiger partial charge on any atom is -0.441 e. The average molecular weight is 389 g/mol. The molecule has 1 aromatic rings. The maximum Gasteiger partial charge on any atom is 0.293 e. The Hall–Kier alpha value is -1.69. The number of rotatable bonds is 4. The Morgan fingerprint density at radius 3 is 2.44 bits per heavy atom. The molecule has 1 aliphatic carbocycles. The first kappa shape index (κ1) is 18.7. The molecule has 0 unspecified atom stereocenters. The summed E-state index contributed by atoms with van der Waals surface area (Å²) in [4.78, 5) is 29.2. The highest BCUT2D eigenvalue weighted by atomic mass is 32.2. The average Bonchev–Trinajstić information content (AvgIpc) is 3.11. The van der Waals surface area contributed by atoms with Gasteiger partial charge in [0.25, 0.3) is 11.1 Å². The minimum atomic E-state index is -0.164.